The Balaban J connectivity index is 1.96. The second-order valence-electron chi connectivity index (χ2n) is 7.39. The number of carbonyl (C=O) groups is 2. The van der Waals surface area contributed by atoms with Crippen LogP contribution >= 0.6 is 0 Å². The largest absolute Gasteiger partial charge is 0.493 e. The van der Waals surface area contributed by atoms with Gasteiger partial charge in [-0.1, -0.05) is 38.3 Å². The molecule has 0 aliphatic heterocycles. The van der Waals surface area contributed by atoms with Crippen LogP contribution < -0.4 is 14.8 Å². The van der Waals surface area contributed by atoms with Gasteiger partial charge in [0, 0.05) is 25.3 Å². The van der Waals surface area contributed by atoms with Crippen LogP contribution in [0, 0.1) is 0 Å². The monoisotopic (exact) mass is 412 g/mol. The van der Waals surface area contributed by atoms with Crippen molar-refractivity contribution in [3.05, 3.63) is 53.6 Å². The maximum absolute atomic E-state index is 12.6. The van der Waals surface area contributed by atoms with E-state index in [1.54, 1.807) is 56.4 Å². The lowest BCUT2D eigenvalue weighted by atomic mass is 10.1. The number of likely N-dealkylation sites (N-methyl/N-ethyl adjacent to an activating group) is 1. The van der Waals surface area contributed by atoms with Crippen LogP contribution in [0.4, 0.5) is 5.69 Å². The molecule has 0 bridgehead atoms. The van der Waals surface area contributed by atoms with Crippen LogP contribution in [0.1, 0.15) is 48.5 Å². The van der Waals surface area contributed by atoms with Crippen molar-refractivity contribution in [2.45, 2.75) is 39.0 Å². The highest BCUT2D eigenvalue weighted by atomic mass is 16.5. The number of carbonyl (C=O) groups excluding carboxylic acids is 2. The number of nitrogens with zero attached hydrogens (tertiary/aromatic N) is 1. The van der Waals surface area contributed by atoms with Gasteiger partial charge < -0.3 is 19.7 Å². The summed E-state index contributed by atoms with van der Waals surface area (Å²) in [6.45, 7) is 2.80. The number of methoxy groups -OCH3 is 1. The Morgan fingerprint density at radius 1 is 0.967 bits per heavy atom. The van der Waals surface area contributed by atoms with Gasteiger partial charge in [-0.25, -0.2) is 0 Å². The fourth-order valence-corrected chi connectivity index (χ4v) is 2.88. The first-order valence-corrected chi connectivity index (χ1v) is 10.4. The molecule has 0 fully saturated rings. The maximum atomic E-state index is 12.6. The Kier molecular flexibility index (Phi) is 9.19. The molecule has 162 valence electrons. The molecule has 30 heavy (non-hydrogen) atoms. The van der Waals surface area contributed by atoms with Crippen LogP contribution in [0.5, 0.6) is 11.5 Å². The lowest BCUT2D eigenvalue weighted by molar-refractivity contribution is -0.127. The van der Waals surface area contributed by atoms with Gasteiger partial charge in [0.2, 0.25) is 5.91 Å². The molecule has 2 aromatic rings. The van der Waals surface area contributed by atoms with Crippen molar-refractivity contribution in [3.8, 4) is 11.5 Å². The number of nitrogens with one attached hydrogen (secondary N) is 1. The number of hydrogen-bond donors (Lipinski definition) is 1. The Hall–Kier alpha value is -3.02. The van der Waals surface area contributed by atoms with E-state index in [0.29, 0.717) is 35.8 Å². The van der Waals surface area contributed by atoms with E-state index < -0.39 is 0 Å². The first-order valence-electron chi connectivity index (χ1n) is 10.4. The highest BCUT2D eigenvalue weighted by Crippen LogP contribution is 2.28. The molecule has 0 saturated carbocycles. The molecule has 0 heterocycles. The molecule has 0 saturated heterocycles. The molecule has 0 aliphatic carbocycles. The van der Waals surface area contributed by atoms with Crippen molar-refractivity contribution < 1.29 is 19.1 Å². The number of anilines is 1. The Bertz CT molecular complexity index is 832. The molecule has 1 N–H and O–H groups in total. The summed E-state index contributed by atoms with van der Waals surface area (Å²) in [6.07, 6.45) is 4.85. The average Bonchev–Trinajstić information content (AvgIpc) is 2.74. The number of hydrogen-bond acceptors (Lipinski definition) is 4. The number of ether oxygens (including phenoxy) is 2. The molecule has 6 heteroatoms. The number of amides is 2. The average molecular weight is 413 g/mol. The van der Waals surface area contributed by atoms with Crippen LogP contribution in [-0.2, 0) is 11.2 Å². The van der Waals surface area contributed by atoms with Crippen LogP contribution in [0.15, 0.2) is 42.5 Å². The minimum absolute atomic E-state index is 0.0338. The van der Waals surface area contributed by atoms with E-state index >= 15 is 0 Å². The summed E-state index contributed by atoms with van der Waals surface area (Å²) >= 11 is 0. The van der Waals surface area contributed by atoms with E-state index in [4.69, 9.17) is 9.47 Å². The fourth-order valence-electron chi connectivity index (χ4n) is 2.88. The molecule has 0 aliphatic rings. The van der Waals surface area contributed by atoms with Gasteiger partial charge in [0.1, 0.15) is 0 Å². The lowest BCUT2D eigenvalue weighted by Crippen LogP contribution is -2.23. The van der Waals surface area contributed by atoms with Crippen molar-refractivity contribution in [1.29, 1.82) is 0 Å². The van der Waals surface area contributed by atoms with Gasteiger partial charge in [-0.15, -0.1) is 0 Å². The highest BCUT2D eigenvalue weighted by Gasteiger charge is 2.12. The molecule has 0 atom stereocenters. The van der Waals surface area contributed by atoms with E-state index in [9.17, 15) is 9.59 Å². The van der Waals surface area contributed by atoms with Gasteiger partial charge in [-0.3, -0.25) is 9.59 Å². The maximum Gasteiger partial charge on any atom is 0.255 e. The molecule has 0 spiro atoms. The van der Waals surface area contributed by atoms with Gasteiger partial charge in [-0.2, -0.15) is 0 Å². The summed E-state index contributed by atoms with van der Waals surface area (Å²) in [4.78, 5) is 26.0. The van der Waals surface area contributed by atoms with Crippen LogP contribution in [-0.4, -0.2) is 44.5 Å². The van der Waals surface area contributed by atoms with E-state index in [2.05, 4.69) is 12.2 Å². The zero-order valence-electron chi connectivity index (χ0n) is 18.4. The second kappa shape index (κ2) is 11.9. The summed E-state index contributed by atoms with van der Waals surface area (Å²) in [6, 6.07) is 12.4. The molecule has 0 radical (unpaired) electrons. The van der Waals surface area contributed by atoms with E-state index in [1.807, 2.05) is 12.1 Å². The molecule has 0 unspecified atom stereocenters. The third-order valence-corrected chi connectivity index (χ3v) is 4.75. The molecule has 2 rings (SSSR count). The van der Waals surface area contributed by atoms with E-state index in [1.165, 1.54) is 12.8 Å². The van der Waals surface area contributed by atoms with Crippen LogP contribution in [0.2, 0.25) is 0 Å². The first kappa shape index (κ1) is 23.3. The van der Waals surface area contributed by atoms with E-state index in [0.717, 1.165) is 18.4 Å². The molecule has 2 amide bonds. The van der Waals surface area contributed by atoms with Gasteiger partial charge in [0.15, 0.2) is 11.5 Å². The van der Waals surface area contributed by atoms with Gasteiger partial charge in [-0.05, 0) is 42.3 Å². The highest BCUT2D eigenvalue weighted by molar-refractivity contribution is 6.04. The minimum Gasteiger partial charge on any atom is -0.493 e. The van der Waals surface area contributed by atoms with Crippen molar-refractivity contribution in [2.24, 2.45) is 0 Å². The van der Waals surface area contributed by atoms with Crippen LogP contribution in [0.3, 0.4) is 0 Å². The Labute approximate surface area is 179 Å². The smallest absolute Gasteiger partial charge is 0.255 e. The lowest BCUT2D eigenvalue weighted by Gasteiger charge is -2.13. The standard InChI is InChI=1S/C24H32N2O4/c1-5-6-7-8-15-30-21-14-11-19(17-22(21)29-4)24(28)25-20-12-9-18(10-13-20)16-23(27)26(2)3/h9-14,17H,5-8,15-16H2,1-4H3,(H,25,28). The third kappa shape index (κ3) is 7.10. The molecular formula is C24H32N2O4. The normalized spacial score (nSPS) is 10.4. The van der Waals surface area contributed by atoms with Crippen molar-refractivity contribution >= 4 is 17.5 Å². The van der Waals surface area contributed by atoms with Gasteiger partial charge in [0.05, 0.1) is 20.1 Å². The minimum atomic E-state index is -0.236. The van der Waals surface area contributed by atoms with Crippen molar-refractivity contribution in [1.82, 2.24) is 4.90 Å². The molecular weight excluding hydrogens is 380 g/mol. The summed E-state index contributed by atoms with van der Waals surface area (Å²) < 4.78 is 11.2. The number of benzene rings is 2. The molecule has 2 aromatic carbocycles. The van der Waals surface area contributed by atoms with Crippen LogP contribution in [0.25, 0.3) is 0 Å². The number of unbranched alkanes of at least 4 members (excludes halogenated alkanes) is 3. The van der Waals surface area contributed by atoms with Crippen molar-refractivity contribution in [3.63, 3.8) is 0 Å². The third-order valence-electron chi connectivity index (χ3n) is 4.75. The Morgan fingerprint density at radius 2 is 1.70 bits per heavy atom. The predicted octanol–water partition coefficient (Wildman–Crippen LogP) is 4.54. The van der Waals surface area contributed by atoms with E-state index in [-0.39, 0.29) is 11.8 Å². The Morgan fingerprint density at radius 3 is 2.33 bits per heavy atom. The quantitative estimate of drug-likeness (QED) is 0.550. The van der Waals surface area contributed by atoms with Crippen molar-refractivity contribution in [2.75, 3.05) is 33.1 Å². The summed E-state index contributed by atoms with van der Waals surface area (Å²) in [5.74, 6) is 0.975. The SMILES string of the molecule is CCCCCCOc1ccc(C(=O)Nc2ccc(CC(=O)N(C)C)cc2)cc1OC. The summed E-state index contributed by atoms with van der Waals surface area (Å²) in [5, 5.41) is 2.87. The topological polar surface area (TPSA) is 67.9 Å². The first-order chi connectivity index (χ1) is 14.4. The summed E-state index contributed by atoms with van der Waals surface area (Å²) in [5.41, 5.74) is 2.04. The number of rotatable bonds is 11. The fraction of sp³-hybridized carbons (Fsp3) is 0.417. The zero-order chi connectivity index (χ0) is 21.9. The summed E-state index contributed by atoms with van der Waals surface area (Å²) in [7, 11) is 5.02. The molecule has 6 nitrogen and oxygen atoms in total. The second-order valence-corrected chi connectivity index (χ2v) is 7.39. The predicted molar refractivity (Wildman–Crippen MR) is 119 cm³/mol. The molecule has 0 aromatic heterocycles. The zero-order valence-corrected chi connectivity index (χ0v) is 18.4. The van der Waals surface area contributed by atoms with Gasteiger partial charge in [0.25, 0.3) is 5.91 Å². The van der Waals surface area contributed by atoms with Gasteiger partial charge >= 0.3 is 0 Å².